The van der Waals surface area contributed by atoms with E-state index in [9.17, 15) is 15.3 Å². The molecule has 5 aromatic rings. The van der Waals surface area contributed by atoms with Crippen molar-refractivity contribution in [3.05, 3.63) is 126 Å². The van der Waals surface area contributed by atoms with Gasteiger partial charge in [-0.15, -0.1) is 0 Å². The van der Waals surface area contributed by atoms with Gasteiger partial charge in [-0.05, 0) is 57.5 Å². The Morgan fingerprint density at radius 1 is 0.514 bits per heavy atom. The standard InChI is InChI=1S/C32H26O3/c1-21-26(22-11-5-2-6-12-22)19-27(23-13-7-3-8-14-23)28(32(21)24-15-9-4-10-16-24)20-29-30(34)17-25(33)18-31(29)35/h2-19,33-35H,20H2,1H3. The van der Waals surface area contributed by atoms with Crippen LogP contribution in [0.15, 0.2) is 109 Å². The second-order valence-corrected chi connectivity index (χ2v) is 8.69. The maximum absolute atomic E-state index is 10.6. The average Bonchev–Trinajstić information content (AvgIpc) is 2.88. The van der Waals surface area contributed by atoms with E-state index in [2.05, 4.69) is 49.4 Å². The molecular formula is C32H26O3. The number of aromatic hydroxyl groups is 3. The van der Waals surface area contributed by atoms with Gasteiger partial charge in [-0.3, -0.25) is 0 Å². The molecule has 0 heterocycles. The van der Waals surface area contributed by atoms with Gasteiger partial charge in [-0.25, -0.2) is 0 Å². The minimum Gasteiger partial charge on any atom is -0.508 e. The molecule has 0 saturated carbocycles. The SMILES string of the molecule is Cc1c(-c2ccccc2)cc(-c2ccccc2)c(Cc2c(O)cc(O)cc2O)c1-c1ccccc1. The van der Waals surface area contributed by atoms with Crippen molar-refractivity contribution in [2.24, 2.45) is 0 Å². The third-order valence-electron chi connectivity index (χ3n) is 6.47. The molecule has 0 atom stereocenters. The van der Waals surface area contributed by atoms with Crippen LogP contribution in [0.1, 0.15) is 16.7 Å². The minimum absolute atomic E-state index is 0.134. The summed E-state index contributed by atoms with van der Waals surface area (Å²) >= 11 is 0. The lowest BCUT2D eigenvalue weighted by Gasteiger charge is -2.23. The maximum Gasteiger partial charge on any atom is 0.126 e. The predicted molar refractivity (Wildman–Crippen MR) is 142 cm³/mol. The van der Waals surface area contributed by atoms with Gasteiger partial charge in [0.15, 0.2) is 0 Å². The Hall–Kier alpha value is -4.50. The van der Waals surface area contributed by atoms with Crippen molar-refractivity contribution in [1.29, 1.82) is 0 Å². The Bertz CT molecular complexity index is 1450. The van der Waals surface area contributed by atoms with Crippen LogP contribution in [-0.2, 0) is 6.42 Å². The zero-order chi connectivity index (χ0) is 24.4. The predicted octanol–water partition coefficient (Wildman–Crippen LogP) is 7.70. The highest BCUT2D eigenvalue weighted by molar-refractivity contribution is 5.89. The van der Waals surface area contributed by atoms with Gasteiger partial charge in [-0.1, -0.05) is 91.0 Å². The van der Waals surface area contributed by atoms with E-state index in [1.807, 2.05) is 54.6 Å². The molecule has 0 aliphatic rings. The van der Waals surface area contributed by atoms with Crippen molar-refractivity contribution in [2.75, 3.05) is 0 Å². The van der Waals surface area contributed by atoms with Crippen molar-refractivity contribution in [1.82, 2.24) is 0 Å². The number of rotatable bonds is 5. The largest absolute Gasteiger partial charge is 0.508 e. The lowest BCUT2D eigenvalue weighted by Crippen LogP contribution is -2.02. The van der Waals surface area contributed by atoms with Crippen molar-refractivity contribution in [2.45, 2.75) is 13.3 Å². The number of hydrogen-bond donors (Lipinski definition) is 3. The molecule has 5 rings (SSSR count). The number of benzene rings is 5. The molecule has 0 unspecified atom stereocenters. The zero-order valence-electron chi connectivity index (χ0n) is 19.4. The Morgan fingerprint density at radius 2 is 0.971 bits per heavy atom. The first kappa shape index (κ1) is 22.3. The van der Waals surface area contributed by atoms with E-state index in [1.54, 1.807) is 0 Å². The summed E-state index contributed by atoms with van der Waals surface area (Å²) < 4.78 is 0. The Morgan fingerprint density at radius 3 is 1.49 bits per heavy atom. The fraction of sp³-hybridized carbons (Fsp3) is 0.0625. The van der Waals surface area contributed by atoms with Gasteiger partial charge in [0.1, 0.15) is 17.2 Å². The van der Waals surface area contributed by atoms with Gasteiger partial charge in [0.2, 0.25) is 0 Å². The fourth-order valence-electron chi connectivity index (χ4n) is 4.79. The van der Waals surface area contributed by atoms with E-state index in [0.29, 0.717) is 12.0 Å². The van der Waals surface area contributed by atoms with Gasteiger partial charge in [0, 0.05) is 24.1 Å². The van der Waals surface area contributed by atoms with Gasteiger partial charge in [0.05, 0.1) is 0 Å². The molecular weight excluding hydrogens is 432 g/mol. The third-order valence-corrected chi connectivity index (χ3v) is 6.47. The van der Waals surface area contributed by atoms with Crippen LogP contribution in [0.2, 0.25) is 0 Å². The maximum atomic E-state index is 10.6. The summed E-state index contributed by atoms with van der Waals surface area (Å²) in [6.45, 7) is 2.12. The molecule has 0 bridgehead atoms. The fourth-order valence-corrected chi connectivity index (χ4v) is 4.79. The van der Waals surface area contributed by atoms with Gasteiger partial charge >= 0.3 is 0 Å². The summed E-state index contributed by atoms with van der Waals surface area (Å²) in [6, 6.07) is 35.5. The summed E-state index contributed by atoms with van der Waals surface area (Å²) in [4.78, 5) is 0. The molecule has 3 N–H and O–H groups in total. The average molecular weight is 459 g/mol. The highest BCUT2D eigenvalue weighted by Crippen LogP contribution is 2.44. The van der Waals surface area contributed by atoms with Crippen molar-refractivity contribution >= 4 is 0 Å². The second kappa shape index (κ2) is 9.40. The summed E-state index contributed by atoms with van der Waals surface area (Å²) in [5.41, 5.74) is 8.96. The topological polar surface area (TPSA) is 60.7 Å². The number of hydrogen-bond acceptors (Lipinski definition) is 3. The van der Waals surface area contributed by atoms with Gasteiger partial charge < -0.3 is 15.3 Å². The molecule has 0 amide bonds. The lowest BCUT2D eigenvalue weighted by molar-refractivity contribution is 0.420. The lowest BCUT2D eigenvalue weighted by atomic mass is 9.81. The second-order valence-electron chi connectivity index (χ2n) is 8.69. The Balaban J connectivity index is 1.86. The van der Waals surface area contributed by atoms with Gasteiger partial charge in [-0.2, -0.15) is 0 Å². The summed E-state index contributed by atoms with van der Waals surface area (Å²) in [7, 11) is 0. The van der Waals surface area contributed by atoms with Crippen LogP contribution < -0.4 is 0 Å². The van der Waals surface area contributed by atoms with E-state index >= 15 is 0 Å². The number of phenols is 3. The first-order chi connectivity index (χ1) is 17.0. The molecule has 172 valence electrons. The first-order valence-electron chi connectivity index (χ1n) is 11.6. The van der Waals surface area contributed by atoms with Crippen molar-refractivity contribution < 1.29 is 15.3 Å². The monoisotopic (exact) mass is 458 g/mol. The van der Waals surface area contributed by atoms with Gasteiger partial charge in [0.25, 0.3) is 0 Å². The van der Waals surface area contributed by atoms with Crippen LogP contribution in [0, 0.1) is 6.92 Å². The Labute approximate surface area is 205 Å². The van der Waals surface area contributed by atoms with Crippen LogP contribution in [0.5, 0.6) is 17.2 Å². The van der Waals surface area contributed by atoms with Crippen LogP contribution in [0.4, 0.5) is 0 Å². The molecule has 0 aromatic heterocycles. The van der Waals surface area contributed by atoms with Crippen molar-refractivity contribution in [3.63, 3.8) is 0 Å². The first-order valence-corrected chi connectivity index (χ1v) is 11.6. The highest BCUT2D eigenvalue weighted by Gasteiger charge is 2.22. The van der Waals surface area contributed by atoms with Crippen molar-refractivity contribution in [3.8, 4) is 50.6 Å². The van der Waals surface area contributed by atoms with E-state index < -0.39 is 0 Å². The van der Waals surface area contributed by atoms with E-state index in [0.717, 1.165) is 44.5 Å². The molecule has 0 aliphatic carbocycles. The zero-order valence-corrected chi connectivity index (χ0v) is 19.4. The smallest absolute Gasteiger partial charge is 0.126 e. The summed E-state index contributed by atoms with van der Waals surface area (Å²) in [5.74, 6) is -0.443. The highest BCUT2D eigenvalue weighted by atomic mass is 16.3. The third kappa shape index (κ3) is 4.36. The number of phenolic OH excluding ortho intramolecular Hbond substituents is 3. The van der Waals surface area contributed by atoms with Crippen LogP contribution >= 0.6 is 0 Å². The van der Waals surface area contributed by atoms with E-state index in [1.165, 1.54) is 12.1 Å². The summed E-state index contributed by atoms with van der Waals surface area (Å²) in [5, 5.41) is 31.1. The molecule has 3 nitrogen and oxygen atoms in total. The van der Waals surface area contributed by atoms with Crippen LogP contribution in [0.25, 0.3) is 33.4 Å². The molecule has 0 radical (unpaired) electrons. The van der Waals surface area contributed by atoms with E-state index in [4.69, 9.17) is 0 Å². The normalized spacial score (nSPS) is 10.9. The summed E-state index contributed by atoms with van der Waals surface area (Å²) in [6.07, 6.45) is 0.294. The quantitative estimate of drug-likeness (QED) is 0.253. The minimum atomic E-state index is -0.175. The molecule has 0 spiro atoms. The molecule has 0 fully saturated rings. The molecule has 5 aromatic carbocycles. The van der Waals surface area contributed by atoms with Crippen LogP contribution in [-0.4, -0.2) is 15.3 Å². The molecule has 3 heteroatoms. The molecule has 35 heavy (non-hydrogen) atoms. The van der Waals surface area contributed by atoms with E-state index in [-0.39, 0.29) is 17.2 Å². The molecule has 0 saturated heterocycles. The molecule has 0 aliphatic heterocycles. The van der Waals surface area contributed by atoms with Crippen LogP contribution in [0.3, 0.4) is 0 Å². The Kier molecular flexibility index (Phi) is 5.99.